The van der Waals surface area contributed by atoms with E-state index in [1.807, 2.05) is 6.07 Å². The van der Waals surface area contributed by atoms with Crippen molar-refractivity contribution in [2.24, 2.45) is 0 Å². The van der Waals surface area contributed by atoms with Crippen molar-refractivity contribution in [2.45, 2.75) is 0 Å². The number of hydrogen-bond donors (Lipinski definition) is 0. The van der Waals surface area contributed by atoms with Gasteiger partial charge in [-0.2, -0.15) is 10.4 Å². The number of halogens is 2. The van der Waals surface area contributed by atoms with E-state index in [2.05, 4.69) is 26.0 Å². The minimum atomic E-state index is 0.221. The first-order chi connectivity index (χ1) is 6.70. The Bertz CT molecular complexity index is 512. The van der Waals surface area contributed by atoms with Crippen molar-refractivity contribution in [1.82, 2.24) is 14.8 Å². The zero-order valence-electron chi connectivity index (χ0n) is 6.61. The molecular formula is C7H2BrClN4S. The number of aromatic nitrogens is 3. The normalized spacial score (nSPS) is 10.1. The summed E-state index contributed by atoms with van der Waals surface area (Å²) in [7, 11) is 0. The highest BCUT2D eigenvalue weighted by Crippen LogP contribution is 2.25. The van der Waals surface area contributed by atoms with Crippen LogP contribution in [-0.2, 0) is 0 Å². The van der Waals surface area contributed by atoms with Gasteiger partial charge in [0, 0.05) is 6.20 Å². The maximum atomic E-state index is 8.68. The quantitative estimate of drug-likeness (QED) is 0.811. The lowest BCUT2D eigenvalue weighted by Gasteiger charge is -1.90. The summed E-state index contributed by atoms with van der Waals surface area (Å²) in [6.45, 7) is 0. The van der Waals surface area contributed by atoms with Crippen molar-refractivity contribution < 1.29 is 0 Å². The van der Waals surface area contributed by atoms with Crippen LogP contribution in [0.1, 0.15) is 4.88 Å². The van der Waals surface area contributed by atoms with E-state index in [1.54, 1.807) is 17.1 Å². The molecule has 2 aromatic rings. The minimum absolute atomic E-state index is 0.221. The third-order valence-corrected chi connectivity index (χ3v) is 3.17. The number of nitrogens with zero attached hydrogens (tertiary/aromatic N) is 4. The Hall–Kier alpha value is -0.900. The van der Waals surface area contributed by atoms with E-state index in [1.165, 1.54) is 11.3 Å². The Morgan fingerprint density at radius 1 is 1.64 bits per heavy atom. The largest absolute Gasteiger partial charge is 0.213 e. The molecule has 0 unspecified atom stereocenters. The molecule has 2 heterocycles. The van der Waals surface area contributed by atoms with E-state index in [4.69, 9.17) is 16.9 Å². The van der Waals surface area contributed by atoms with Gasteiger partial charge < -0.3 is 0 Å². The summed E-state index contributed by atoms with van der Waals surface area (Å²) in [6, 6.07) is 1.96. The number of hydrogen-bond acceptors (Lipinski definition) is 4. The van der Waals surface area contributed by atoms with Gasteiger partial charge in [-0.15, -0.1) is 0 Å². The summed E-state index contributed by atoms with van der Waals surface area (Å²) < 4.78 is 2.41. The lowest BCUT2D eigenvalue weighted by Crippen LogP contribution is -1.91. The predicted octanol–water partition coefficient (Wildman–Crippen LogP) is 2.62. The third-order valence-electron chi connectivity index (χ3n) is 1.42. The molecule has 0 saturated heterocycles. The second-order valence-corrected chi connectivity index (χ2v) is 4.58. The van der Waals surface area contributed by atoms with Crippen LogP contribution < -0.4 is 0 Å². The summed E-state index contributed by atoms with van der Waals surface area (Å²) in [5, 5.41) is 13.5. The average molecular weight is 290 g/mol. The van der Waals surface area contributed by atoms with Gasteiger partial charge in [-0.3, -0.25) is 0 Å². The molecule has 2 aromatic heterocycles. The molecule has 0 saturated carbocycles. The standard InChI is InChI=1S/C7H2BrClN4S/c8-4-2-11-13(3-4)7-12-6(9)5(1-10)14-7/h2-3H. The van der Waals surface area contributed by atoms with Crippen molar-refractivity contribution >= 4 is 38.9 Å². The summed E-state index contributed by atoms with van der Waals surface area (Å²) in [6.07, 6.45) is 3.39. The Balaban J connectivity index is 2.48. The Labute approximate surface area is 96.9 Å². The molecule has 0 aliphatic heterocycles. The van der Waals surface area contributed by atoms with E-state index in [0.717, 1.165) is 4.47 Å². The highest BCUT2D eigenvalue weighted by atomic mass is 79.9. The fourth-order valence-electron chi connectivity index (χ4n) is 0.863. The summed E-state index contributed by atoms with van der Waals surface area (Å²) in [5.74, 6) is 0. The Morgan fingerprint density at radius 2 is 2.43 bits per heavy atom. The van der Waals surface area contributed by atoms with Crippen LogP contribution in [0.5, 0.6) is 0 Å². The van der Waals surface area contributed by atoms with Crippen LogP contribution in [0.25, 0.3) is 5.13 Å². The van der Waals surface area contributed by atoms with Gasteiger partial charge in [-0.05, 0) is 15.9 Å². The maximum Gasteiger partial charge on any atom is 0.213 e. The topological polar surface area (TPSA) is 54.5 Å². The molecule has 70 valence electrons. The van der Waals surface area contributed by atoms with Crippen molar-refractivity contribution in [3.05, 3.63) is 26.9 Å². The lowest BCUT2D eigenvalue weighted by molar-refractivity contribution is 0.869. The van der Waals surface area contributed by atoms with Gasteiger partial charge in [0.15, 0.2) is 5.15 Å². The van der Waals surface area contributed by atoms with Crippen LogP contribution in [0.4, 0.5) is 0 Å². The molecule has 0 radical (unpaired) electrons. The van der Waals surface area contributed by atoms with Gasteiger partial charge in [0.05, 0.1) is 10.7 Å². The highest BCUT2D eigenvalue weighted by molar-refractivity contribution is 9.10. The number of nitriles is 1. The van der Waals surface area contributed by atoms with Gasteiger partial charge in [-0.25, -0.2) is 9.67 Å². The average Bonchev–Trinajstić information content (AvgIpc) is 2.71. The zero-order chi connectivity index (χ0) is 10.1. The van der Waals surface area contributed by atoms with Crippen LogP contribution in [0.3, 0.4) is 0 Å². The van der Waals surface area contributed by atoms with Gasteiger partial charge in [0.25, 0.3) is 0 Å². The molecule has 0 amide bonds. The molecule has 0 N–H and O–H groups in total. The molecule has 4 nitrogen and oxygen atoms in total. The molecule has 7 heteroatoms. The van der Waals surface area contributed by atoms with E-state index in [0.29, 0.717) is 10.0 Å². The Morgan fingerprint density at radius 3 is 2.93 bits per heavy atom. The van der Waals surface area contributed by atoms with Gasteiger partial charge in [-0.1, -0.05) is 22.9 Å². The van der Waals surface area contributed by atoms with Crippen molar-refractivity contribution in [3.8, 4) is 11.2 Å². The molecule has 0 fully saturated rings. The first-order valence-electron chi connectivity index (χ1n) is 3.47. The van der Waals surface area contributed by atoms with E-state index >= 15 is 0 Å². The first-order valence-corrected chi connectivity index (χ1v) is 5.46. The fourth-order valence-corrected chi connectivity index (χ4v) is 2.13. The van der Waals surface area contributed by atoms with E-state index in [-0.39, 0.29) is 5.15 Å². The Kier molecular flexibility index (Phi) is 2.54. The zero-order valence-corrected chi connectivity index (χ0v) is 9.77. The number of rotatable bonds is 1. The monoisotopic (exact) mass is 288 g/mol. The van der Waals surface area contributed by atoms with E-state index in [9.17, 15) is 0 Å². The molecule has 0 bridgehead atoms. The van der Waals surface area contributed by atoms with Gasteiger partial charge in [0.1, 0.15) is 10.9 Å². The second kappa shape index (κ2) is 3.69. The van der Waals surface area contributed by atoms with Crippen LogP contribution in [-0.4, -0.2) is 14.8 Å². The molecule has 14 heavy (non-hydrogen) atoms. The van der Waals surface area contributed by atoms with Crippen molar-refractivity contribution in [2.75, 3.05) is 0 Å². The molecule has 2 rings (SSSR count). The molecule has 0 aromatic carbocycles. The molecular weight excluding hydrogens is 288 g/mol. The number of thiazole rings is 1. The first kappa shape index (κ1) is 9.65. The van der Waals surface area contributed by atoms with E-state index < -0.39 is 0 Å². The molecule has 0 aliphatic carbocycles. The SMILES string of the molecule is N#Cc1sc(-n2cc(Br)cn2)nc1Cl. The smallest absolute Gasteiger partial charge is 0.212 e. The summed E-state index contributed by atoms with van der Waals surface area (Å²) in [4.78, 5) is 4.40. The minimum Gasteiger partial charge on any atom is -0.212 e. The highest BCUT2D eigenvalue weighted by Gasteiger charge is 2.10. The van der Waals surface area contributed by atoms with Crippen LogP contribution in [0, 0.1) is 11.3 Å². The molecule has 0 spiro atoms. The van der Waals surface area contributed by atoms with Gasteiger partial charge in [0.2, 0.25) is 5.13 Å². The lowest BCUT2D eigenvalue weighted by atomic mass is 10.6. The van der Waals surface area contributed by atoms with Gasteiger partial charge >= 0.3 is 0 Å². The second-order valence-electron chi connectivity index (χ2n) is 2.33. The predicted molar refractivity (Wildman–Crippen MR) is 56.7 cm³/mol. The fraction of sp³-hybridized carbons (Fsp3) is 0. The van der Waals surface area contributed by atoms with Crippen LogP contribution >= 0.6 is 38.9 Å². The summed E-state index contributed by atoms with van der Waals surface area (Å²) >= 11 is 10.2. The van der Waals surface area contributed by atoms with Crippen LogP contribution in [0.2, 0.25) is 5.15 Å². The van der Waals surface area contributed by atoms with Crippen LogP contribution in [0.15, 0.2) is 16.9 Å². The third kappa shape index (κ3) is 1.66. The maximum absolute atomic E-state index is 8.68. The molecule has 0 atom stereocenters. The van der Waals surface area contributed by atoms with Crippen molar-refractivity contribution in [3.63, 3.8) is 0 Å². The summed E-state index contributed by atoms with van der Waals surface area (Å²) in [5.41, 5.74) is 0. The molecule has 0 aliphatic rings. The van der Waals surface area contributed by atoms with Crippen molar-refractivity contribution in [1.29, 1.82) is 5.26 Å².